The largest absolute Gasteiger partial charge is 0.491 e. The molecule has 0 saturated carbocycles. The van der Waals surface area contributed by atoms with E-state index >= 15 is 0 Å². The highest BCUT2D eigenvalue weighted by Crippen LogP contribution is 2.45. The lowest BCUT2D eigenvalue weighted by Gasteiger charge is -2.26. The Labute approximate surface area is 163 Å². The van der Waals surface area contributed by atoms with E-state index in [4.69, 9.17) is 10.5 Å². The zero-order valence-electron chi connectivity index (χ0n) is 15.8. The van der Waals surface area contributed by atoms with E-state index < -0.39 is 5.41 Å². The van der Waals surface area contributed by atoms with Crippen LogP contribution in [0.15, 0.2) is 42.5 Å². The van der Waals surface area contributed by atoms with Crippen molar-refractivity contribution in [2.45, 2.75) is 11.8 Å². The van der Waals surface area contributed by atoms with Gasteiger partial charge >= 0.3 is 0 Å². The Morgan fingerprint density at radius 3 is 2.61 bits per heavy atom. The zero-order valence-corrected chi connectivity index (χ0v) is 15.8. The molecule has 2 aromatic carbocycles. The van der Waals surface area contributed by atoms with Crippen LogP contribution in [0.25, 0.3) is 0 Å². The van der Waals surface area contributed by atoms with Gasteiger partial charge in [0.1, 0.15) is 12.4 Å². The molecule has 148 valence electrons. The van der Waals surface area contributed by atoms with Crippen LogP contribution in [0.4, 0.5) is 0 Å². The lowest BCUT2D eigenvalue weighted by atomic mass is 9.76. The maximum Gasteiger partial charge on any atom is 0.254 e. The number of nitrogens with one attached hydrogen (secondary N) is 2. The predicted molar refractivity (Wildman–Crippen MR) is 106 cm³/mol. The summed E-state index contributed by atoms with van der Waals surface area (Å²) >= 11 is 0. The van der Waals surface area contributed by atoms with E-state index in [1.807, 2.05) is 30.3 Å². The maximum atomic E-state index is 12.6. The number of carbonyl (C=O) groups excluding carboxylic acids is 2. The number of carbonyl (C=O) groups is 2. The molecule has 1 heterocycles. The Morgan fingerprint density at radius 2 is 1.96 bits per heavy atom. The summed E-state index contributed by atoms with van der Waals surface area (Å²) < 4.78 is 5.88. The second kappa shape index (κ2) is 8.41. The highest BCUT2D eigenvalue weighted by atomic mass is 16.5. The number of hydrogen-bond donors (Lipinski definition) is 4. The van der Waals surface area contributed by atoms with Gasteiger partial charge in [-0.2, -0.15) is 0 Å². The van der Waals surface area contributed by atoms with Crippen LogP contribution in [0.1, 0.15) is 38.3 Å². The van der Waals surface area contributed by atoms with Crippen LogP contribution in [-0.4, -0.2) is 50.3 Å². The minimum atomic E-state index is -0.840. The number of hydrogen-bond acceptors (Lipinski definition) is 5. The number of fused-ring (bicyclic) bond motifs is 1. The molecule has 7 heteroatoms. The first kappa shape index (κ1) is 19.9. The summed E-state index contributed by atoms with van der Waals surface area (Å²) in [5, 5.41) is 15.7. The first-order valence-corrected chi connectivity index (χ1v) is 9.25. The zero-order chi connectivity index (χ0) is 20.1. The van der Waals surface area contributed by atoms with Crippen molar-refractivity contribution in [2.75, 3.05) is 33.4 Å². The highest BCUT2D eigenvalue weighted by molar-refractivity contribution is 6.02. The van der Waals surface area contributed by atoms with Crippen LogP contribution in [-0.2, 0) is 5.41 Å². The fourth-order valence-corrected chi connectivity index (χ4v) is 3.47. The standard InChI is InChI=1S/C21H25N3O4/c1-23-20(27)16-10-14(19(26)24-9-5-8-22)11-17-18(16)28-13-21(17,12-25)15-6-3-2-4-7-15/h2-4,6-7,10-11,25H,5,8-9,12-13,22H2,1H3,(H,23,27)(H,24,26). The van der Waals surface area contributed by atoms with E-state index in [1.165, 1.54) is 13.1 Å². The third-order valence-corrected chi connectivity index (χ3v) is 5.06. The number of ether oxygens (including phenoxy) is 1. The van der Waals surface area contributed by atoms with Gasteiger partial charge in [-0.05, 0) is 30.7 Å². The van der Waals surface area contributed by atoms with Crippen molar-refractivity contribution < 1.29 is 19.4 Å². The molecule has 1 aliphatic rings. The maximum absolute atomic E-state index is 12.6. The van der Waals surface area contributed by atoms with Crippen molar-refractivity contribution in [3.8, 4) is 5.75 Å². The first-order valence-electron chi connectivity index (χ1n) is 9.25. The lowest BCUT2D eigenvalue weighted by Crippen LogP contribution is -2.34. The van der Waals surface area contributed by atoms with Crippen LogP contribution < -0.4 is 21.1 Å². The van der Waals surface area contributed by atoms with E-state index in [0.717, 1.165) is 5.56 Å². The second-order valence-electron chi connectivity index (χ2n) is 6.77. The molecule has 2 aromatic rings. The minimum absolute atomic E-state index is 0.186. The predicted octanol–water partition coefficient (Wildman–Crippen LogP) is 0.796. The summed E-state index contributed by atoms with van der Waals surface area (Å²) in [7, 11) is 1.52. The number of aliphatic hydroxyl groups is 1. The quantitative estimate of drug-likeness (QED) is 0.528. The Bertz CT molecular complexity index is 869. The molecule has 0 aliphatic carbocycles. The molecule has 7 nitrogen and oxygen atoms in total. The normalized spacial score (nSPS) is 17.5. The summed E-state index contributed by atoms with van der Waals surface area (Å²) in [6.07, 6.45) is 0.659. The SMILES string of the molecule is CNC(=O)c1cc(C(=O)NCCCN)cc2c1OCC2(CO)c1ccccc1. The molecule has 5 N–H and O–H groups in total. The number of rotatable bonds is 7. The van der Waals surface area contributed by atoms with Gasteiger partial charge in [0.05, 0.1) is 17.6 Å². The molecule has 28 heavy (non-hydrogen) atoms. The highest BCUT2D eigenvalue weighted by Gasteiger charge is 2.44. The molecular formula is C21H25N3O4. The van der Waals surface area contributed by atoms with Crippen LogP contribution >= 0.6 is 0 Å². The van der Waals surface area contributed by atoms with Gasteiger partial charge in [-0.25, -0.2) is 0 Å². The molecule has 0 saturated heterocycles. The fraction of sp³-hybridized carbons (Fsp3) is 0.333. The summed E-state index contributed by atoms with van der Waals surface area (Å²) in [6, 6.07) is 12.7. The molecule has 0 bridgehead atoms. The summed E-state index contributed by atoms with van der Waals surface area (Å²) in [5.41, 5.74) is 6.74. The van der Waals surface area contributed by atoms with Crippen molar-refractivity contribution in [1.82, 2.24) is 10.6 Å². The van der Waals surface area contributed by atoms with Crippen molar-refractivity contribution in [1.29, 1.82) is 0 Å². The monoisotopic (exact) mass is 383 g/mol. The van der Waals surface area contributed by atoms with Crippen molar-refractivity contribution in [2.24, 2.45) is 5.73 Å². The molecule has 0 spiro atoms. The van der Waals surface area contributed by atoms with E-state index in [2.05, 4.69) is 10.6 Å². The average Bonchev–Trinajstić information content (AvgIpc) is 3.13. The number of benzene rings is 2. The first-order chi connectivity index (χ1) is 13.6. The van der Waals surface area contributed by atoms with Crippen molar-refractivity contribution in [3.63, 3.8) is 0 Å². The Balaban J connectivity index is 2.12. The Kier molecular flexibility index (Phi) is 5.96. The number of amides is 2. The number of aliphatic hydroxyl groups excluding tert-OH is 1. The van der Waals surface area contributed by atoms with Gasteiger partial charge in [0.15, 0.2) is 0 Å². The molecule has 0 radical (unpaired) electrons. The second-order valence-corrected chi connectivity index (χ2v) is 6.77. The molecule has 0 aromatic heterocycles. The van der Waals surface area contributed by atoms with E-state index in [0.29, 0.717) is 36.4 Å². The van der Waals surface area contributed by atoms with E-state index in [-0.39, 0.29) is 30.6 Å². The average molecular weight is 383 g/mol. The summed E-state index contributed by atoms with van der Waals surface area (Å²) in [4.78, 5) is 25.1. The third kappa shape index (κ3) is 3.46. The van der Waals surface area contributed by atoms with Gasteiger partial charge in [0, 0.05) is 24.7 Å². The van der Waals surface area contributed by atoms with Gasteiger partial charge in [-0.15, -0.1) is 0 Å². The molecule has 2 amide bonds. The fourth-order valence-electron chi connectivity index (χ4n) is 3.47. The van der Waals surface area contributed by atoms with Gasteiger partial charge < -0.3 is 26.2 Å². The van der Waals surface area contributed by atoms with Crippen LogP contribution in [0.5, 0.6) is 5.75 Å². The molecule has 1 unspecified atom stereocenters. The minimum Gasteiger partial charge on any atom is -0.491 e. The lowest BCUT2D eigenvalue weighted by molar-refractivity contribution is 0.0953. The Morgan fingerprint density at radius 1 is 1.21 bits per heavy atom. The van der Waals surface area contributed by atoms with E-state index in [1.54, 1.807) is 6.07 Å². The van der Waals surface area contributed by atoms with Gasteiger partial charge in [-0.1, -0.05) is 30.3 Å². The van der Waals surface area contributed by atoms with E-state index in [9.17, 15) is 14.7 Å². The van der Waals surface area contributed by atoms with Gasteiger partial charge in [0.2, 0.25) is 0 Å². The molecule has 0 fully saturated rings. The van der Waals surface area contributed by atoms with Crippen molar-refractivity contribution >= 4 is 11.8 Å². The molecule has 1 aliphatic heterocycles. The van der Waals surface area contributed by atoms with Crippen LogP contribution in [0, 0.1) is 0 Å². The summed E-state index contributed by atoms with van der Waals surface area (Å²) in [6.45, 7) is 0.895. The summed E-state index contributed by atoms with van der Waals surface area (Å²) in [5.74, 6) is -0.251. The molecule has 3 rings (SSSR count). The number of nitrogens with two attached hydrogens (primary N) is 1. The third-order valence-electron chi connectivity index (χ3n) is 5.06. The van der Waals surface area contributed by atoms with Gasteiger partial charge in [0.25, 0.3) is 11.8 Å². The Hall–Kier alpha value is -2.90. The van der Waals surface area contributed by atoms with Crippen LogP contribution in [0.3, 0.4) is 0 Å². The molecular weight excluding hydrogens is 358 g/mol. The topological polar surface area (TPSA) is 114 Å². The molecule has 1 atom stereocenters. The van der Waals surface area contributed by atoms with Crippen LogP contribution in [0.2, 0.25) is 0 Å². The van der Waals surface area contributed by atoms with Gasteiger partial charge in [-0.3, -0.25) is 9.59 Å². The smallest absolute Gasteiger partial charge is 0.254 e. The van der Waals surface area contributed by atoms with Crippen molar-refractivity contribution in [3.05, 3.63) is 64.7 Å².